The van der Waals surface area contributed by atoms with E-state index >= 15 is 0 Å². The lowest BCUT2D eigenvalue weighted by atomic mass is 10.4. The second kappa shape index (κ2) is 4.36. The Kier molecular flexibility index (Phi) is 2.80. The van der Waals surface area contributed by atoms with Gasteiger partial charge in [-0.3, -0.25) is 4.40 Å². The van der Waals surface area contributed by atoms with Gasteiger partial charge in [0.15, 0.2) is 5.82 Å². The van der Waals surface area contributed by atoms with Gasteiger partial charge in [-0.25, -0.2) is 9.67 Å². The molecule has 0 spiro atoms. The predicted molar refractivity (Wildman–Crippen MR) is 72.7 cm³/mol. The Hall–Kier alpha value is -1.85. The molecule has 3 aromatic rings. The molecule has 0 aliphatic heterocycles. The summed E-state index contributed by atoms with van der Waals surface area (Å²) in [6, 6.07) is 5.68. The largest absolute Gasteiger partial charge is 0.390 e. The second-order valence-electron chi connectivity index (χ2n) is 4.37. The highest BCUT2D eigenvalue weighted by Gasteiger charge is 2.18. The third-order valence-electron chi connectivity index (χ3n) is 3.16. The van der Waals surface area contributed by atoms with Crippen molar-refractivity contribution in [2.75, 3.05) is 0 Å². The van der Waals surface area contributed by atoms with Crippen molar-refractivity contribution < 1.29 is 5.11 Å². The van der Waals surface area contributed by atoms with E-state index in [1.807, 2.05) is 42.6 Å². The van der Waals surface area contributed by atoms with E-state index in [1.165, 1.54) is 0 Å². The summed E-state index contributed by atoms with van der Waals surface area (Å²) in [6.07, 6.45) is 1.87. The predicted octanol–water partition coefficient (Wildman–Crippen LogP) is 2.28. The van der Waals surface area contributed by atoms with Crippen molar-refractivity contribution in [3.63, 3.8) is 0 Å². The Bertz CT molecular complexity index is 759. The van der Waals surface area contributed by atoms with Gasteiger partial charge in [0.25, 0.3) is 0 Å². The van der Waals surface area contributed by atoms with Gasteiger partial charge in [-0.2, -0.15) is 5.10 Å². The zero-order chi connectivity index (χ0) is 13.6. The van der Waals surface area contributed by atoms with Gasteiger partial charge in [0, 0.05) is 6.20 Å². The fourth-order valence-electron chi connectivity index (χ4n) is 2.18. The first kappa shape index (κ1) is 12.2. The van der Waals surface area contributed by atoms with E-state index in [1.54, 1.807) is 4.68 Å². The fourth-order valence-corrected chi connectivity index (χ4v) is 2.30. The molecule has 0 atom stereocenters. The quantitative estimate of drug-likeness (QED) is 0.781. The van der Waals surface area contributed by atoms with Crippen LogP contribution in [-0.4, -0.2) is 24.3 Å². The molecular weight excluding hydrogens is 264 g/mol. The summed E-state index contributed by atoms with van der Waals surface area (Å²) in [4.78, 5) is 4.51. The first-order chi connectivity index (χ1) is 9.13. The highest BCUT2D eigenvalue weighted by Crippen LogP contribution is 2.24. The molecule has 0 amide bonds. The molecule has 0 fully saturated rings. The topological polar surface area (TPSA) is 55.4 Å². The number of imidazole rings is 1. The van der Waals surface area contributed by atoms with Gasteiger partial charge in [0.1, 0.15) is 5.65 Å². The van der Waals surface area contributed by atoms with Crippen LogP contribution in [0.15, 0.2) is 24.4 Å². The number of fused-ring (bicyclic) bond motifs is 1. The zero-order valence-corrected chi connectivity index (χ0v) is 11.4. The van der Waals surface area contributed by atoms with Gasteiger partial charge in [-0.05, 0) is 26.0 Å². The first-order valence-electron chi connectivity index (χ1n) is 5.92. The summed E-state index contributed by atoms with van der Waals surface area (Å²) < 4.78 is 3.52. The smallest absolute Gasteiger partial charge is 0.178 e. The van der Waals surface area contributed by atoms with E-state index in [2.05, 4.69) is 10.1 Å². The third-order valence-corrected chi connectivity index (χ3v) is 3.71. The lowest BCUT2D eigenvalue weighted by Gasteiger charge is -2.03. The molecule has 3 heterocycles. The van der Waals surface area contributed by atoms with Gasteiger partial charge >= 0.3 is 0 Å². The minimum absolute atomic E-state index is 0.115. The van der Waals surface area contributed by atoms with Gasteiger partial charge in [0.2, 0.25) is 0 Å². The Labute approximate surface area is 115 Å². The van der Waals surface area contributed by atoms with Crippen molar-refractivity contribution >= 4 is 17.2 Å². The van der Waals surface area contributed by atoms with Crippen LogP contribution in [0.1, 0.15) is 17.1 Å². The molecule has 98 valence electrons. The Morgan fingerprint density at radius 2 is 2.11 bits per heavy atom. The number of aryl methyl sites for hydroxylation is 1. The highest BCUT2D eigenvalue weighted by atomic mass is 35.5. The van der Waals surface area contributed by atoms with E-state index in [4.69, 9.17) is 11.6 Å². The van der Waals surface area contributed by atoms with E-state index in [0.29, 0.717) is 16.5 Å². The number of nitrogens with zero attached hydrogens (tertiary/aromatic N) is 4. The molecule has 1 N–H and O–H groups in total. The van der Waals surface area contributed by atoms with Crippen LogP contribution in [0.5, 0.6) is 0 Å². The van der Waals surface area contributed by atoms with Crippen LogP contribution in [-0.2, 0) is 6.61 Å². The third kappa shape index (κ3) is 1.74. The normalized spacial score (nSPS) is 11.4. The van der Waals surface area contributed by atoms with Crippen LogP contribution < -0.4 is 0 Å². The lowest BCUT2D eigenvalue weighted by Crippen LogP contribution is -2.04. The molecule has 6 heteroatoms. The second-order valence-corrected chi connectivity index (χ2v) is 4.74. The number of hydrogen-bond acceptors (Lipinski definition) is 3. The molecule has 3 rings (SSSR count). The number of aliphatic hydroxyl groups is 1. The van der Waals surface area contributed by atoms with Gasteiger partial charge < -0.3 is 5.11 Å². The molecule has 0 unspecified atom stereocenters. The Balaban J connectivity index is 2.33. The summed E-state index contributed by atoms with van der Waals surface area (Å²) in [5.74, 6) is 0.612. The number of hydrogen-bond donors (Lipinski definition) is 1. The molecule has 0 aliphatic carbocycles. The van der Waals surface area contributed by atoms with Crippen LogP contribution in [0.25, 0.3) is 11.5 Å². The first-order valence-corrected chi connectivity index (χ1v) is 6.30. The maximum Gasteiger partial charge on any atom is 0.178 e. The summed E-state index contributed by atoms with van der Waals surface area (Å²) in [7, 11) is 0. The Morgan fingerprint density at radius 1 is 1.32 bits per heavy atom. The molecule has 3 aromatic heterocycles. The average Bonchev–Trinajstić information content (AvgIpc) is 2.91. The van der Waals surface area contributed by atoms with E-state index in [-0.39, 0.29) is 6.61 Å². The summed E-state index contributed by atoms with van der Waals surface area (Å²) in [6.45, 7) is 3.62. The monoisotopic (exact) mass is 276 g/mol. The number of halogens is 1. The maximum atomic E-state index is 9.60. The van der Waals surface area contributed by atoms with Gasteiger partial charge in [-0.1, -0.05) is 17.7 Å². The number of rotatable bonds is 2. The minimum Gasteiger partial charge on any atom is -0.390 e. The molecule has 5 nitrogen and oxygen atoms in total. The standard InChI is InChI=1S/C13H13ClN4O/c1-8-12(14)9(2)18(16-8)13-10(7-19)17-6-4-3-5-11(17)15-13/h3-6,19H,7H2,1-2H3. The van der Waals surface area contributed by atoms with Crippen molar-refractivity contribution in [2.45, 2.75) is 20.5 Å². The lowest BCUT2D eigenvalue weighted by molar-refractivity contribution is 0.275. The summed E-state index contributed by atoms with van der Waals surface area (Å²) >= 11 is 6.16. The van der Waals surface area contributed by atoms with Crippen LogP contribution in [0.4, 0.5) is 0 Å². The maximum absolute atomic E-state index is 9.60. The van der Waals surface area contributed by atoms with E-state index < -0.39 is 0 Å². The van der Waals surface area contributed by atoms with Crippen molar-refractivity contribution in [1.82, 2.24) is 19.2 Å². The highest BCUT2D eigenvalue weighted by molar-refractivity contribution is 6.31. The zero-order valence-electron chi connectivity index (χ0n) is 10.6. The van der Waals surface area contributed by atoms with Crippen LogP contribution in [0, 0.1) is 13.8 Å². The molecule has 19 heavy (non-hydrogen) atoms. The van der Waals surface area contributed by atoms with Gasteiger partial charge in [0.05, 0.1) is 28.7 Å². The number of aliphatic hydroxyl groups excluding tert-OH is 1. The minimum atomic E-state index is -0.115. The van der Waals surface area contributed by atoms with Gasteiger partial charge in [-0.15, -0.1) is 0 Å². The summed E-state index contributed by atoms with van der Waals surface area (Å²) in [5.41, 5.74) is 3.03. The molecule has 0 aliphatic rings. The average molecular weight is 277 g/mol. The molecule has 0 aromatic carbocycles. The van der Waals surface area contributed by atoms with Crippen LogP contribution in [0.2, 0.25) is 5.02 Å². The molecule has 0 radical (unpaired) electrons. The van der Waals surface area contributed by atoms with Crippen molar-refractivity contribution in [1.29, 1.82) is 0 Å². The van der Waals surface area contributed by atoms with Crippen LogP contribution >= 0.6 is 11.6 Å². The number of pyridine rings is 1. The Morgan fingerprint density at radius 3 is 2.74 bits per heavy atom. The van der Waals surface area contributed by atoms with E-state index in [0.717, 1.165) is 17.0 Å². The fraction of sp³-hybridized carbons (Fsp3) is 0.231. The van der Waals surface area contributed by atoms with Crippen molar-refractivity contribution in [3.05, 3.63) is 46.5 Å². The number of aromatic nitrogens is 4. The van der Waals surface area contributed by atoms with E-state index in [9.17, 15) is 5.11 Å². The van der Waals surface area contributed by atoms with Crippen molar-refractivity contribution in [3.8, 4) is 5.82 Å². The molecule has 0 saturated carbocycles. The molecule has 0 bridgehead atoms. The van der Waals surface area contributed by atoms with Crippen molar-refractivity contribution in [2.24, 2.45) is 0 Å². The molecular formula is C13H13ClN4O. The summed E-state index contributed by atoms with van der Waals surface area (Å²) in [5, 5.41) is 14.6. The van der Waals surface area contributed by atoms with Crippen LogP contribution in [0.3, 0.4) is 0 Å². The SMILES string of the molecule is Cc1nn(-c2nc3ccccn3c2CO)c(C)c1Cl. The molecule has 0 saturated heterocycles.